The molecule has 0 aromatic carbocycles. The molecule has 94 valence electrons. The van der Waals surface area contributed by atoms with Crippen molar-refractivity contribution in [2.24, 2.45) is 5.92 Å². The third-order valence-electron chi connectivity index (χ3n) is 2.99. The SMILES string of the molecule is Cc1cncc(C(=O)NCC(C)(O)C(C)C)c1. The van der Waals surface area contributed by atoms with E-state index in [0.717, 1.165) is 5.56 Å². The van der Waals surface area contributed by atoms with E-state index in [1.54, 1.807) is 19.2 Å². The summed E-state index contributed by atoms with van der Waals surface area (Å²) in [5.74, 6) is -0.124. The zero-order valence-corrected chi connectivity index (χ0v) is 10.8. The molecule has 0 aliphatic rings. The van der Waals surface area contributed by atoms with Gasteiger partial charge in [-0.15, -0.1) is 0 Å². The Morgan fingerprint density at radius 2 is 2.18 bits per heavy atom. The molecule has 0 radical (unpaired) electrons. The van der Waals surface area contributed by atoms with E-state index < -0.39 is 5.60 Å². The summed E-state index contributed by atoms with van der Waals surface area (Å²) in [6.45, 7) is 7.67. The summed E-state index contributed by atoms with van der Waals surface area (Å²) in [7, 11) is 0. The van der Waals surface area contributed by atoms with Gasteiger partial charge in [-0.05, 0) is 31.4 Å². The lowest BCUT2D eigenvalue weighted by Crippen LogP contribution is -2.44. The van der Waals surface area contributed by atoms with E-state index in [4.69, 9.17) is 0 Å². The normalized spacial score (nSPS) is 14.5. The Labute approximate surface area is 102 Å². The maximum Gasteiger partial charge on any atom is 0.252 e. The second kappa shape index (κ2) is 5.27. The topological polar surface area (TPSA) is 62.2 Å². The fourth-order valence-electron chi connectivity index (χ4n) is 1.24. The van der Waals surface area contributed by atoms with E-state index in [2.05, 4.69) is 10.3 Å². The smallest absolute Gasteiger partial charge is 0.252 e. The second-order valence-corrected chi connectivity index (χ2v) is 4.95. The molecule has 1 aromatic heterocycles. The Morgan fingerprint density at radius 1 is 1.53 bits per heavy atom. The highest BCUT2D eigenvalue weighted by molar-refractivity contribution is 5.94. The zero-order chi connectivity index (χ0) is 13.1. The average molecular weight is 236 g/mol. The van der Waals surface area contributed by atoms with Crippen LogP contribution in [0.3, 0.4) is 0 Å². The first-order valence-corrected chi connectivity index (χ1v) is 5.75. The molecule has 0 aliphatic heterocycles. The number of rotatable bonds is 4. The van der Waals surface area contributed by atoms with E-state index in [-0.39, 0.29) is 18.4 Å². The van der Waals surface area contributed by atoms with Crippen molar-refractivity contribution in [3.05, 3.63) is 29.6 Å². The van der Waals surface area contributed by atoms with Crippen LogP contribution in [0.1, 0.15) is 36.7 Å². The molecule has 0 bridgehead atoms. The van der Waals surface area contributed by atoms with Crippen molar-refractivity contribution in [1.29, 1.82) is 0 Å². The van der Waals surface area contributed by atoms with E-state index in [1.807, 2.05) is 20.8 Å². The van der Waals surface area contributed by atoms with Crippen LogP contribution >= 0.6 is 0 Å². The van der Waals surface area contributed by atoms with Crippen LogP contribution in [-0.4, -0.2) is 28.1 Å². The number of aromatic nitrogens is 1. The monoisotopic (exact) mass is 236 g/mol. The molecule has 1 amide bonds. The Balaban J connectivity index is 2.62. The van der Waals surface area contributed by atoms with Crippen molar-refractivity contribution in [2.75, 3.05) is 6.54 Å². The van der Waals surface area contributed by atoms with Crippen LogP contribution in [0.25, 0.3) is 0 Å². The summed E-state index contributed by atoms with van der Waals surface area (Å²) < 4.78 is 0. The molecule has 0 fully saturated rings. The van der Waals surface area contributed by atoms with Crippen LogP contribution < -0.4 is 5.32 Å². The summed E-state index contributed by atoms with van der Waals surface area (Å²) in [6, 6.07) is 1.77. The van der Waals surface area contributed by atoms with Crippen LogP contribution in [0, 0.1) is 12.8 Å². The van der Waals surface area contributed by atoms with Gasteiger partial charge < -0.3 is 10.4 Å². The Kier molecular flexibility index (Phi) is 4.23. The zero-order valence-electron chi connectivity index (χ0n) is 10.8. The van der Waals surface area contributed by atoms with E-state index in [0.29, 0.717) is 5.56 Å². The average Bonchev–Trinajstić information content (AvgIpc) is 2.25. The van der Waals surface area contributed by atoms with Gasteiger partial charge in [0.2, 0.25) is 0 Å². The molecule has 1 rings (SSSR count). The maximum atomic E-state index is 11.8. The number of amides is 1. The predicted molar refractivity (Wildman–Crippen MR) is 66.8 cm³/mol. The molecule has 1 atom stereocenters. The number of aliphatic hydroxyl groups is 1. The van der Waals surface area contributed by atoms with E-state index in [1.165, 1.54) is 6.20 Å². The largest absolute Gasteiger partial charge is 0.388 e. The van der Waals surface area contributed by atoms with Gasteiger partial charge in [0.05, 0.1) is 11.2 Å². The van der Waals surface area contributed by atoms with Gasteiger partial charge in [-0.3, -0.25) is 9.78 Å². The molecule has 0 spiro atoms. The first kappa shape index (κ1) is 13.6. The highest BCUT2D eigenvalue weighted by atomic mass is 16.3. The lowest BCUT2D eigenvalue weighted by molar-refractivity contribution is 0.0142. The van der Waals surface area contributed by atoms with Gasteiger partial charge in [0, 0.05) is 18.9 Å². The number of pyridine rings is 1. The van der Waals surface area contributed by atoms with Crippen molar-refractivity contribution >= 4 is 5.91 Å². The molecule has 2 N–H and O–H groups in total. The molecule has 1 heterocycles. The second-order valence-electron chi connectivity index (χ2n) is 4.95. The first-order chi connectivity index (χ1) is 7.83. The molecule has 17 heavy (non-hydrogen) atoms. The molecular formula is C13H20N2O2. The van der Waals surface area contributed by atoms with Crippen molar-refractivity contribution in [3.63, 3.8) is 0 Å². The van der Waals surface area contributed by atoms with Gasteiger partial charge in [0.15, 0.2) is 0 Å². The van der Waals surface area contributed by atoms with Crippen LogP contribution in [0.15, 0.2) is 18.5 Å². The standard InChI is InChI=1S/C13H20N2O2/c1-9(2)13(4,17)8-15-12(16)11-5-10(3)6-14-7-11/h5-7,9,17H,8H2,1-4H3,(H,15,16). The van der Waals surface area contributed by atoms with Crippen LogP contribution in [0.2, 0.25) is 0 Å². The Bertz CT molecular complexity index is 400. The third kappa shape index (κ3) is 3.82. The maximum absolute atomic E-state index is 11.8. The van der Waals surface area contributed by atoms with Crippen LogP contribution in [0.5, 0.6) is 0 Å². The molecule has 4 nitrogen and oxygen atoms in total. The first-order valence-electron chi connectivity index (χ1n) is 5.75. The third-order valence-corrected chi connectivity index (χ3v) is 2.99. The number of hydrogen-bond acceptors (Lipinski definition) is 3. The quantitative estimate of drug-likeness (QED) is 0.833. The van der Waals surface area contributed by atoms with Crippen LogP contribution in [-0.2, 0) is 0 Å². The summed E-state index contributed by atoms with van der Waals surface area (Å²) >= 11 is 0. The highest BCUT2D eigenvalue weighted by Gasteiger charge is 2.25. The van der Waals surface area contributed by atoms with Crippen molar-refractivity contribution in [3.8, 4) is 0 Å². The lowest BCUT2D eigenvalue weighted by atomic mass is 9.92. The number of hydrogen-bond donors (Lipinski definition) is 2. The van der Waals surface area contributed by atoms with Crippen molar-refractivity contribution < 1.29 is 9.90 Å². The lowest BCUT2D eigenvalue weighted by Gasteiger charge is -2.27. The number of carbonyl (C=O) groups is 1. The number of nitrogens with one attached hydrogen (secondary N) is 1. The molecule has 1 unspecified atom stereocenters. The number of carbonyl (C=O) groups excluding carboxylic acids is 1. The van der Waals surface area contributed by atoms with Crippen molar-refractivity contribution in [2.45, 2.75) is 33.3 Å². The van der Waals surface area contributed by atoms with Gasteiger partial charge in [-0.25, -0.2) is 0 Å². The summed E-state index contributed by atoms with van der Waals surface area (Å²) in [6.07, 6.45) is 3.22. The minimum absolute atomic E-state index is 0.0819. The van der Waals surface area contributed by atoms with Crippen LogP contribution in [0.4, 0.5) is 0 Å². The Morgan fingerprint density at radius 3 is 2.71 bits per heavy atom. The fourth-order valence-corrected chi connectivity index (χ4v) is 1.24. The Hall–Kier alpha value is -1.42. The molecule has 0 aliphatic carbocycles. The van der Waals surface area contributed by atoms with Gasteiger partial charge in [0.25, 0.3) is 5.91 Å². The number of nitrogens with zero attached hydrogens (tertiary/aromatic N) is 1. The molecular weight excluding hydrogens is 216 g/mol. The van der Waals surface area contributed by atoms with Gasteiger partial charge in [-0.2, -0.15) is 0 Å². The summed E-state index contributed by atoms with van der Waals surface area (Å²) in [4.78, 5) is 15.8. The minimum Gasteiger partial charge on any atom is -0.388 e. The molecule has 0 saturated carbocycles. The summed E-state index contributed by atoms with van der Waals surface area (Å²) in [5.41, 5.74) is 0.560. The van der Waals surface area contributed by atoms with Gasteiger partial charge in [0.1, 0.15) is 0 Å². The predicted octanol–water partition coefficient (Wildman–Crippen LogP) is 1.53. The van der Waals surface area contributed by atoms with Gasteiger partial charge >= 0.3 is 0 Å². The van der Waals surface area contributed by atoms with Crippen molar-refractivity contribution in [1.82, 2.24) is 10.3 Å². The fraction of sp³-hybridized carbons (Fsp3) is 0.538. The molecule has 4 heteroatoms. The van der Waals surface area contributed by atoms with E-state index in [9.17, 15) is 9.90 Å². The molecule has 0 saturated heterocycles. The number of aryl methyl sites for hydroxylation is 1. The summed E-state index contributed by atoms with van der Waals surface area (Å²) in [5, 5.41) is 12.7. The van der Waals surface area contributed by atoms with Gasteiger partial charge in [-0.1, -0.05) is 13.8 Å². The van der Waals surface area contributed by atoms with E-state index >= 15 is 0 Å². The highest BCUT2D eigenvalue weighted by Crippen LogP contribution is 2.14. The molecule has 1 aromatic rings. The minimum atomic E-state index is -0.896.